The molecule has 2 heterocycles. The van der Waals surface area contributed by atoms with Crippen molar-refractivity contribution in [3.8, 4) is 0 Å². The number of nitrogens with zero attached hydrogens (tertiary/aromatic N) is 2. The van der Waals surface area contributed by atoms with E-state index in [1.165, 1.54) is 0 Å². The number of hydrogen-bond acceptors (Lipinski definition) is 4. The maximum Gasteiger partial charge on any atom is 0.166 e. The Hall–Kier alpha value is -1.51. The highest BCUT2D eigenvalue weighted by Crippen LogP contribution is 2.23. The van der Waals surface area contributed by atoms with Crippen molar-refractivity contribution in [1.82, 2.24) is 10.4 Å². The summed E-state index contributed by atoms with van der Waals surface area (Å²) in [5.74, 6) is 2.46. The van der Waals surface area contributed by atoms with Crippen molar-refractivity contribution >= 4 is 23.4 Å². The molecular formula is C9H8ClN3O. The summed E-state index contributed by atoms with van der Waals surface area (Å²) in [5, 5.41) is 2.30. The van der Waals surface area contributed by atoms with Gasteiger partial charge in [0.25, 0.3) is 0 Å². The van der Waals surface area contributed by atoms with Gasteiger partial charge >= 0.3 is 0 Å². The van der Waals surface area contributed by atoms with Crippen molar-refractivity contribution in [2.45, 2.75) is 6.42 Å². The minimum atomic E-state index is 0.534. The van der Waals surface area contributed by atoms with E-state index in [-0.39, 0.29) is 0 Å². The van der Waals surface area contributed by atoms with Gasteiger partial charge in [0.05, 0.1) is 5.02 Å². The molecule has 0 aromatic carbocycles. The number of aromatic nitrogens is 1. The maximum absolute atomic E-state index is 10.4. The summed E-state index contributed by atoms with van der Waals surface area (Å²) in [6, 6.07) is 3.52. The van der Waals surface area contributed by atoms with Crippen molar-refractivity contribution in [2.75, 3.05) is 11.6 Å². The van der Waals surface area contributed by atoms with Gasteiger partial charge < -0.3 is 0 Å². The van der Waals surface area contributed by atoms with Crippen LogP contribution in [-0.4, -0.2) is 17.5 Å². The first-order valence-electron chi connectivity index (χ1n) is 4.20. The van der Waals surface area contributed by atoms with Gasteiger partial charge in [-0.1, -0.05) is 11.6 Å². The predicted octanol–water partition coefficient (Wildman–Crippen LogP) is 1.17. The zero-order valence-corrected chi connectivity index (χ0v) is 8.08. The standard InChI is InChI=1S/C9H8ClN3O/c10-8-2-1-4-11-9(8)13-5-3-7(6-14)12-13/h1-2,4,12H,3,5H2. The fourth-order valence-electron chi connectivity index (χ4n) is 1.31. The molecule has 1 aliphatic heterocycles. The second-order valence-electron chi connectivity index (χ2n) is 2.90. The molecule has 0 aliphatic carbocycles. The van der Waals surface area contributed by atoms with Gasteiger partial charge in [-0.15, -0.1) is 0 Å². The summed E-state index contributed by atoms with van der Waals surface area (Å²) < 4.78 is 0. The van der Waals surface area contributed by atoms with Crippen LogP contribution >= 0.6 is 11.6 Å². The molecule has 2 rings (SSSR count). The minimum Gasteiger partial charge on any atom is -0.290 e. The molecule has 5 heteroatoms. The van der Waals surface area contributed by atoms with Gasteiger partial charge in [0.15, 0.2) is 5.82 Å². The van der Waals surface area contributed by atoms with Crippen LogP contribution in [0, 0.1) is 0 Å². The first kappa shape index (κ1) is 9.06. The average molecular weight is 210 g/mol. The van der Waals surface area contributed by atoms with E-state index in [4.69, 9.17) is 11.6 Å². The van der Waals surface area contributed by atoms with E-state index in [0.29, 0.717) is 29.5 Å². The van der Waals surface area contributed by atoms with Gasteiger partial charge in [0, 0.05) is 19.2 Å². The lowest BCUT2D eigenvalue weighted by Gasteiger charge is -2.17. The number of hydrazine groups is 1. The Morgan fingerprint density at radius 2 is 2.50 bits per heavy atom. The third kappa shape index (κ3) is 1.58. The molecule has 0 atom stereocenters. The van der Waals surface area contributed by atoms with E-state index in [1.54, 1.807) is 23.3 Å². The molecular weight excluding hydrogens is 202 g/mol. The molecule has 1 aromatic heterocycles. The van der Waals surface area contributed by atoms with Crippen molar-refractivity contribution < 1.29 is 4.79 Å². The number of anilines is 1. The molecule has 0 unspecified atom stereocenters. The molecule has 14 heavy (non-hydrogen) atoms. The summed E-state index contributed by atoms with van der Waals surface area (Å²) in [6.45, 7) is 0.682. The van der Waals surface area contributed by atoms with Gasteiger partial charge in [0.1, 0.15) is 11.6 Å². The molecule has 0 spiro atoms. The zero-order valence-electron chi connectivity index (χ0n) is 7.33. The van der Waals surface area contributed by atoms with Crippen LogP contribution < -0.4 is 10.4 Å². The van der Waals surface area contributed by atoms with E-state index in [9.17, 15) is 4.79 Å². The van der Waals surface area contributed by atoms with Crippen molar-refractivity contribution in [1.29, 1.82) is 0 Å². The molecule has 72 valence electrons. The number of pyridine rings is 1. The fourth-order valence-corrected chi connectivity index (χ4v) is 1.53. The Labute approximate surface area is 86.2 Å². The van der Waals surface area contributed by atoms with Gasteiger partial charge in [0.2, 0.25) is 0 Å². The van der Waals surface area contributed by atoms with E-state index in [0.717, 1.165) is 0 Å². The third-order valence-electron chi connectivity index (χ3n) is 1.97. The van der Waals surface area contributed by atoms with Crippen LogP contribution in [-0.2, 0) is 4.79 Å². The summed E-state index contributed by atoms with van der Waals surface area (Å²) in [6.07, 6.45) is 2.31. The second kappa shape index (κ2) is 3.70. The van der Waals surface area contributed by atoms with Crippen LogP contribution in [0.1, 0.15) is 6.42 Å². The van der Waals surface area contributed by atoms with E-state index < -0.39 is 0 Å². The highest BCUT2D eigenvalue weighted by molar-refractivity contribution is 6.32. The van der Waals surface area contributed by atoms with Crippen LogP contribution in [0.15, 0.2) is 24.0 Å². The largest absolute Gasteiger partial charge is 0.290 e. The van der Waals surface area contributed by atoms with Crippen LogP contribution in [0.4, 0.5) is 5.82 Å². The Morgan fingerprint density at radius 3 is 3.14 bits per heavy atom. The molecule has 1 N–H and O–H groups in total. The SMILES string of the molecule is O=C=C1CCN(c2ncccc2Cl)N1. The number of halogens is 1. The highest BCUT2D eigenvalue weighted by atomic mass is 35.5. The molecule has 1 aromatic rings. The number of hydrogen-bond donors (Lipinski definition) is 1. The Bertz CT molecular complexity index is 401. The smallest absolute Gasteiger partial charge is 0.166 e. The average Bonchev–Trinajstić information content (AvgIpc) is 2.67. The molecule has 1 aliphatic rings. The van der Waals surface area contributed by atoms with Gasteiger partial charge in [-0.05, 0) is 12.1 Å². The first-order chi connectivity index (χ1) is 6.81. The predicted molar refractivity (Wildman–Crippen MR) is 53.6 cm³/mol. The normalized spacial score (nSPS) is 15.2. The van der Waals surface area contributed by atoms with Gasteiger partial charge in [-0.2, -0.15) is 0 Å². The molecule has 1 fully saturated rings. The molecule has 4 nitrogen and oxygen atoms in total. The van der Waals surface area contributed by atoms with Crippen LogP contribution in [0.5, 0.6) is 0 Å². The molecule has 1 saturated heterocycles. The Morgan fingerprint density at radius 1 is 1.64 bits per heavy atom. The lowest BCUT2D eigenvalue weighted by atomic mass is 10.4. The van der Waals surface area contributed by atoms with E-state index in [1.807, 2.05) is 5.94 Å². The molecule has 0 radical (unpaired) electrons. The number of nitrogens with one attached hydrogen (secondary N) is 1. The first-order valence-corrected chi connectivity index (χ1v) is 4.58. The van der Waals surface area contributed by atoms with Gasteiger partial charge in [-0.3, -0.25) is 10.4 Å². The lowest BCUT2D eigenvalue weighted by Crippen LogP contribution is -2.30. The number of carbonyl (C=O) groups excluding carboxylic acids is 1. The second-order valence-corrected chi connectivity index (χ2v) is 3.31. The molecule has 0 bridgehead atoms. The van der Waals surface area contributed by atoms with Crippen LogP contribution in [0.2, 0.25) is 5.02 Å². The van der Waals surface area contributed by atoms with Crippen molar-refractivity contribution in [3.63, 3.8) is 0 Å². The van der Waals surface area contributed by atoms with E-state index in [2.05, 4.69) is 10.4 Å². The number of rotatable bonds is 1. The van der Waals surface area contributed by atoms with E-state index >= 15 is 0 Å². The zero-order chi connectivity index (χ0) is 9.97. The topological polar surface area (TPSA) is 45.2 Å². The minimum absolute atomic E-state index is 0.534. The highest BCUT2D eigenvalue weighted by Gasteiger charge is 2.19. The lowest BCUT2D eigenvalue weighted by molar-refractivity contribution is 0.565. The summed E-state index contributed by atoms with van der Waals surface area (Å²) in [7, 11) is 0. The summed E-state index contributed by atoms with van der Waals surface area (Å²) in [5.41, 5.74) is 3.41. The third-order valence-corrected chi connectivity index (χ3v) is 2.27. The Balaban J connectivity index is 2.26. The quantitative estimate of drug-likeness (QED) is 0.706. The van der Waals surface area contributed by atoms with Crippen LogP contribution in [0.25, 0.3) is 0 Å². The van der Waals surface area contributed by atoms with Crippen molar-refractivity contribution in [2.24, 2.45) is 0 Å². The monoisotopic (exact) mass is 209 g/mol. The maximum atomic E-state index is 10.4. The Kier molecular flexibility index (Phi) is 2.39. The van der Waals surface area contributed by atoms with Crippen molar-refractivity contribution in [3.05, 3.63) is 29.0 Å². The molecule has 0 saturated carbocycles. The van der Waals surface area contributed by atoms with Gasteiger partial charge in [-0.25, -0.2) is 9.78 Å². The summed E-state index contributed by atoms with van der Waals surface area (Å²) >= 11 is 5.94. The molecule has 0 amide bonds. The van der Waals surface area contributed by atoms with Crippen LogP contribution in [0.3, 0.4) is 0 Å². The fraction of sp³-hybridized carbons (Fsp3) is 0.222. The summed E-state index contributed by atoms with van der Waals surface area (Å²) in [4.78, 5) is 14.5.